The van der Waals surface area contributed by atoms with Crippen LogP contribution in [0.2, 0.25) is 0 Å². The summed E-state index contributed by atoms with van der Waals surface area (Å²) < 4.78 is 1.52. The van der Waals surface area contributed by atoms with E-state index in [0.29, 0.717) is 0 Å². The Morgan fingerprint density at radius 3 is 2.93 bits per heavy atom. The van der Waals surface area contributed by atoms with Gasteiger partial charge in [-0.15, -0.1) is 0 Å². The maximum atomic E-state index is 11.5. The summed E-state index contributed by atoms with van der Waals surface area (Å²) in [7, 11) is 0. The third-order valence-electron chi connectivity index (χ3n) is 3.06. The van der Waals surface area contributed by atoms with E-state index in [9.17, 15) is 9.59 Å². The monoisotopic (exact) mass is 210 g/mol. The van der Waals surface area contributed by atoms with Gasteiger partial charge in [0, 0.05) is 30.8 Å². The number of nitrogens with zero attached hydrogens (tertiary/aromatic N) is 1. The molecule has 0 saturated heterocycles. The zero-order valence-corrected chi connectivity index (χ0v) is 8.35. The van der Waals surface area contributed by atoms with Crippen LogP contribution in [-0.4, -0.2) is 21.3 Å². The lowest BCUT2D eigenvalue weighted by Crippen LogP contribution is -2.33. The van der Waals surface area contributed by atoms with Crippen LogP contribution >= 0.6 is 0 Å². The molecule has 5 heteroatoms. The molecule has 2 N–H and O–H groups in total. The van der Waals surface area contributed by atoms with E-state index in [2.05, 4.69) is 4.98 Å². The van der Waals surface area contributed by atoms with E-state index >= 15 is 0 Å². The Morgan fingerprint density at radius 1 is 1.47 bits per heavy atom. The molecule has 0 amide bonds. The topological polar surface area (TPSA) is 75.1 Å². The van der Waals surface area contributed by atoms with E-state index < -0.39 is 0 Å². The van der Waals surface area contributed by atoms with Gasteiger partial charge in [-0.05, 0) is 12.8 Å². The number of aromatic nitrogens is 2. The minimum absolute atomic E-state index is 0.0272. The molecule has 2 unspecified atom stereocenters. The highest BCUT2D eigenvalue weighted by atomic mass is 16.3. The smallest absolute Gasteiger partial charge is 0.328 e. The normalized spacial score (nSPS) is 25.7. The van der Waals surface area contributed by atoms with Crippen molar-refractivity contribution in [2.45, 2.75) is 25.3 Å². The summed E-state index contributed by atoms with van der Waals surface area (Å²) >= 11 is 0. The van der Waals surface area contributed by atoms with Gasteiger partial charge in [-0.1, -0.05) is 6.42 Å². The van der Waals surface area contributed by atoms with Crippen molar-refractivity contribution in [2.75, 3.05) is 6.61 Å². The van der Waals surface area contributed by atoms with Gasteiger partial charge >= 0.3 is 5.69 Å². The van der Waals surface area contributed by atoms with E-state index in [0.717, 1.165) is 19.3 Å². The number of nitrogens with one attached hydrogen (secondary N) is 1. The Hall–Kier alpha value is -1.36. The van der Waals surface area contributed by atoms with Gasteiger partial charge in [-0.2, -0.15) is 0 Å². The zero-order valence-electron chi connectivity index (χ0n) is 8.35. The predicted octanol–water partition coefficient (Wildman–Crippen LogP) is -0.130. The first kappa shape index (κ1) is 10.2. The first-order valence-electron chi connectivity index (χ1n) is 5.14. The van der Waals surface area contributed by atoms with Crippen molar-refractivity contribution in [2.24, 2.45) is 5.92 Å². The first-order chi connectivity index (χ1) is 7.22. The zero-order chi connectivity index (χ0) is 10.8. The molecule has 15 heavy (non-hydrogen) atoms. The lowest BCUT2D eigenvalue weighted by Gasteiger charge is -2.19. The molecular weight excluding hydrogens is 196 g/mol. The van der Waals surface area contributed by atoms with E-state index in [-0.39, 0.29) is 29.8 Å². The van der Waals surface area contributed by atoms with Crippen LogP contribution in [0, 0.1) is 5.92 Å². The van der Waals surface area contributed by atoms with Crippen LogP contribution in [0.1, 0.15) is 25.3 Å². The van der Waals surface area contributed by atoms with Gasteiger partial charge in [0.1, 0.15) is 0 Å². The molecule has 1 heterocycles. The molecule has 0 radical (unpaired) electrons. The first-order valence-corrected chi connectivity index (χ1v) is 5.14. The minimum atomic E-state index is -0.382. The Bertz CT molecular complexity index is 448. The number of aromatic amines is 1. The lowest BCUT2D eigenvalue weighted by atomic mass is 10.1. The fraction of sp³-hybridized carbons (Fsp3) is 0.600. The SMILES string of the molecule is O=c1ccn(C2CCCC2CO)c(=O)[nH]1. The number of aliphatic hydroxyl groups excluding tert-OH is 1. The largest absolute Gasteiger partial charge is 0.396 e. The second-order valence-corrected chi connectivity index (χ2v) is 3.96. The molecule has 1 aliphatic rings. The van der Waals surface area contributed by atoms with Crippen molar-refractivity contribution >= 4 is 0 Å². The third-order valence-corrected chi connectivity index (χ3v) is 3.06. The Labute approximate surface area is 86.4 Å². The molecule has 1 aromatic heterocycles. The van der Waals surface area contributed by atoms with Crippen molar-refractivity contribution in [3.63, 3.8) is 0 Å². The van der Waals surface area contributed by atoms with Crippen molar-refractivity contribution in [3.05, 3.63) is 33.1 Å². The van der Waals surface area contributed by atoms with Crippen molar-refractivity contribution in [3.8, 4) is 0 Å². The standard InChI is InChI=1S/C10H14N2O3/c13-6-7-2-1-3-8(7)12-5-4-9(14)11-10(12)15/h4-5,7-8,13H,1-3,6H2,(H,11,14,15). The Balaban J connectivity index is 2.37. The number of H-pyrrole nitrogens is 1. The summed E-state index contributed by atoms with van der Waals surface area (Å²) in [6, 6.07) is 1.37. The van der Waals surface area contributed by atoms with Gasteiger partial charge in [0.2, 0.25) is 0 Å². The Kier molecular flexibility index (Phi) is 2.73. The van der Waals surface area contributed by atoms with Crippen LogP contribution in [0.4, 0.5) is 0 Å². The molecular formula is C10H14N2O3. The molecule has 1 saturated carbocycles. The van der Waals surface area contributed by atoms with Crippen LogP contribution < -0.4 is 11.2 Å². The van der Waals surface area contributed by atoms with Gasteiger partial charge < -0.3 is 5.11 Å². The summed E-state index contributed by atoms with van der Waals surface area (Å²) in [5, 5.41) is 9.16. The molecule has 1 aromatic rings. The highest BCUT2D eigenvalue weighted by molar-refractivity contribution is 4.90. The lowest BCUT2D eigenvalue weighted by molar-refractivity contribution is 0.193. The second kappa shape index (κ2) is 4.02. The quantitative estimate of drug-likeness (QED) is 0.714. The average Bonchev–Trinajstić information content (AvgIpc) is 2.65. The van der Waals surface area contributed by atoms with Gasteiger partial charge in [0.25, 0.3) is 5.56 Å². The molecule has 82 valence electrons. The predicted molar refractivity (Wildman–Crippen MR) is 54.8 cm³/mol. The summed E-state index contributed by atoms with van der Waals surface area (Å²) in [5.74, 6) is 0.133. The van der Waals surface area contributed by atoms with E-state index in [1.54, 1.807) is 0 Å². The molecule has 2 rings (SSSR count). The minimum Gasteiger partial charge on any atom is -0.396 e. The highest BCUT2D eigenvalue weighted by Gasteiger charge is 2.28. The summed E-state index contributed by atoms with van der Waals surface area (Å²) in [4.78, 5) is 24.6. The van der Waals surface area contributed by atoms with Crippen molar-refractivity contribution < 1.29 is 5.11 Å². The molecule has 0 aliphatic heterocycles. The molecule has 5 nitrogen and oxygen atoms in total. The molecule has 0 aromatic carbocycles. The molecule has 1 fully saturated rings. The van der Waals surface area contributed by atoms with Gasteiger partial charge in [0.05, 0.1) is 0 Å². The van der Waals surface area contributed by atoms with Crippen LogP contribution in [0.25, 0.3) is 0 Å². The molecule has 0 bridgehead atoms. The summed E-state index contributed by atoms with van der Waals surface area (Å²) in [6.07, 6.45) is 4.35. The highest BCUT2D eigenvalue weighted by Crippen LogP contribution is 2.33. The maximum absolute atomic E-state index is 11.5. The maximum Gasteiger partial charge on any atom is 0.328 e. The molecule has 2 atom stereocenters. The van der Waals surface area contributed by atoms with Crippen LogP contribution in [0.3, 0.4) is 0 Å². The Morgan fingerprint density at radius 2 is 2.27 bits per heavy atom. The number of rotatable bonds is 2. The van der Waals surface area contributed by atoms with E-state index in [4.69, 9.17) is 5.11 Å². The van der Waals surface area contributed by atoms with Crippen molar-refractivity contribution in [1.82, 2.24) is 9.55 Å². The third kappa shape index (κ3) is 1.87. The molecule has 0 spiro atoms. The fourth-order valence-electron chi connectivity index (χ4n) is 2.28. The van der Waals surface area contributed by atoms with Crippen LogP contribution in [0.15, 0.2) is 21.9 Å². The average molecular weight is 210 g/mol. The van der Waals surface area contributed by atoms with Crippen molar-refractivity contribution in [1.29, 1.82) is 0 Å². The van der Waals surface area contributed by atoms with Gasteiger partial charge in [0.15, 0.2) is 0 Å². The molecule has 1 aliphatic carbocycles. The second-order valence-electron chi connectivity index (χ2n) is 3.96. The summed E-state index contributed by atoms with van der Waals surface area (Å²) in [6.45, 7) is 0.0935. The number of hydrogen-bond donors (Lipinski definition) is 2. The van der Waals surface area contributed by atoms with Gasteiger partial charge in [-0.25, -0.2) is 4.79 Å². The van der Waals surface area contributed by atoms with Crippen LogP contribution in [0.5, 0.6) is 0 Å². The number of hydrogen-bond acceptors (Lipinski definition) is 3. The van der Waals surface area contributed by atoms with E-state index in [1.165, 1.54) is 16.8 Å². The van der Waals surface area contributed by atoms with Crippen LogP contribution in [-0.2, 0) is 0 Å². The summed E-state index contributed by atoms with van der Waals surface area (Å²) in [5.41, 5.74) is -0.761. The number of aliphatic hydroxyl groups is 1. The fourth-order valence-corrected chi connectivity index (χ4v) is 2.28. The van der Waals surface area contributed by atoms with E-state index in [1.807, 2.05) is 0 Å². The van der Waals surface area contributed by atoms with Gasteiger partial charge in [-0.3, -0.25) is 14.3 Å².